The molecule has 1 aliphatic carbocycles. The second-order valence-corrected chi connectivity index (χ2v) is 6.70. The first-order valence-electron chi connectivity index (χ1n) is 8.30. The fraction of sp³-hybridized carbons (Fsp3) is 0.667. The molecule has 1 N–H and O–H groups in total. The highest BCUT2D eigenvalue weighted by Gasteiger charge is 2.38. The highest BCUT2D eigenvalue weighted by atomic mass is 16.5. The van der Waals surface area contributed by atoms with Crippen LogP contribution in [-0.2, 0) is 11.2 Å². The van der Waals surface area contributed by atoms with Crippen LogP contribution in [-0.4, -0.2) is 49.8 Å². The van der Waals surface area contributed by atoms with Crippen molar-refractivity contribution in [2.45, 2.75) is 44.3 Å². The second-order valence-electron chi connectivity index (χ2n) is 6.70. The Hall–Kier alpha value is -0.900. The Balaban J connectivity index is 1.67. The molecule has 1 aromatic carbocycles. The summed E-state index contributed by atoms with van der Waals surface area (Å²) in [5.74, 6) is 0.917. The zero-order valence-corrected chi connectivity index (χ0v) is 13.3. The predicted molar refractivity (Wildman–Crippen MR) is 86.5 cm³/mol. The second kappa shape index (κ2) is 6.91. The monoisotopic (exact) mass is 288 g/mol. The molecule has 3 rings (SSSR count). The molecule has 0 aromatic heterocycles. The largest absolute Gasteiger partial charge is 0.383 e. The van der Waals surface area contributed by atoms with Crippen LogP contribution in [0.1, 0.15) is 25.3 Å². The lowest BCUT2D eigenvalue weighted by Crippen LogP contribution is -2.61. The SMILES string of the molecule is COCC(C)N1CC(C2CC2)NCC1Cc1ccccc1. The zero-order chi connectivity index (χ0) is 14.7. The lowest BCUT2D eigenvalue weighted by Gasteiger charge is -2.44. The van der Waals surface area contributed by atoms with Gasteiger partial charge < -0.3 is 10.1 Å². The van der Waals surface area contributed by atoms with Gasteiger partial charge in [0.2, 0.25) is 0 Å². The molecule has 1 saturated carbocycles. The Morgan fingerprint density at radius 3 is 2.71 bits per heavy atom. The Morgan fingerprint density at radius 2 is 2.05 bits per heavy atom. The Morgan fingerprint density at radius 1 is 1.29 bits per heavy atom. The number of nitrogens with one attached hydrogen (secondary N) is 1. The molecule has 1 aromatic rings. The van der Waals surface area contributed by atoms with Crippen LogP contribution in [0.25, 0.3) is 0 Å². The summed E-state index contributed by atoms with van der Waals surface area (Å²) in [5, 5.41) is 3.80. The van der Waals surface area contributed by atoms with Crippen molar-refractivity contribution in [3.63, 3.8) is 0 Å². The van der Waals surface area contributed by atoms with E-state index in [0.717, 1.165) is 25.5 Å². The number of methoxy groups -OCH3 is 1. The van der Waals surface area contributed by atoms with Crippen molar-refractivity contribution >= 4 is 0 Å². The van der Waals surface area contributed by atoms with Gasteiger partial charge in [-0.05, 0) is 37.7 Å². The summed E-state index contributed by atoms with van der Waals surface area (Å²) in [6.07, 6.45) is 3.94. The van der Waals surface area contributed by atoms with E-state index in [9.17, 15) is 0 Å². The first kappa shape index (κ1) is 15.0. The summed E-state index contributed by atoms with van der Waals surface area (Å²) in [7, 11) is 1.81. The number of piperazine rings is 1. The highest BCUT2D eigenvalue weighted by Crippen LogP contribution is 2.34. The quantitative estimate of drug-likeness (QED) is 0.869. The molecule has 3 unspecified atom stereocenters. The number of rotatable bonds is 6. The normalized spacial score (nSPS) is 28.5. The first-order valence-corrected chi connectivity index (χ1v) is 8.30. The van der Waals surface area contributed by atoms with Gasteiger partial charge in [-0.3, -0.25) is 4.90 Å². The molecule has 3 nitrogen and oxygen atoms in total. The molecule has 2 aliphatic rings. The summed E-state index contributed by atoms with van der Waals surface area (Å²) in [5.41, 5.74) is 1.43. The summed E-state index contributed by atoms with van der Waals surface area (Å²) in [6, 6.07) is 12.6. The Kier molecular flexibility index (Phi) is 4.94. The smallest absolute Gasteiger partial charge is 0.0615 e. The van der Waals surface area contributed by atoms with Crippen LogP contribution in [0, 0.1) is 5.92 Å². The molecule has 1 aliphatic heterocycles. The maximum Gasteiger partial charge on any atom is 0.0615 e. The van der Waals surface area contributed by atoms with Crippen molar-refractivity contribution < 1.29 is 4.74 Å². The molecule has 1 saturated heterocycles. The standard InChI is InChI=1S/C18H28N2O/c1-14(13-21-2)20-12-18(16-8-9-16)19-11-17(20)10-15-6-4-3-5-7-15/h3-7,14,16-19H,8-13H2,1-2H3. The molecule has 1 heterocycles. The van der Waals surface area contributed by atoms with E-state index in [1.54, 1.807) is 0 Å². The van der Waals surface area contributed by atoms with Crippen molar-refractivity contribution in [3.8, 4) is 0 Å². The van der Waals surface area contributed by atoms with Crippen molar-refractivity contribution in [1.29, 1.82) is 0 Å². The predicted octanol–water partition coefficient (Wildman–Crippen LogP) is 2.32. The fourth-order valence-corrected chi connectivity index (χ4v) is 3.61. The average molecular weight is 288 g/mol. The van der Waals surface area contributed by atoms with E-state index < -0.39 is 0 Å². The minimum absolute atomic E-state index is 0.493. The van der Waals surface area contributed by atoms with E-state index in [2.05, 4.69) is 47.5 Å². The third-order valence-electron chi connectivity index (χ3n) is 4.97. The van der Waals surface area contributed by atoms with Crippen LogP contribution in [0.3, 0.4) is 0 Å². The molecule has 116 valence electrons. The van der Waals surface area contributed by atoms with Gasteiger partial charge >= 0.3 is 0 Å². The molecular weight excluding hydrogens is 260 g/mol. The van der Waals surface area contributed by atoms with Crippen LogP contribution in [0.15, 0.2) is 30.3 Å². The molecule has 0 bridgehead atoms. The lowest BCUT2D eigenvalue weighted by molar-refractivity contribution is 0.0380. The highest BCUT2D eigenvalue weighted by molar-refractivity contribution is 5.16. The van der Waals surface area contributed by atoms with E-state index in [1.807, 2.05) is 7.11 Å². The topological polar surface area (TPSA) is 24.5 Å². The van der Waals surface area contributed by atoms with Gasteiger partial charge in [-0.1, -0.05) is 30.3 Å². The van der Waals surface area contributed by atoms with Crippen molar-refractivity contribution in [2.75, 3.05) is 26.8 Å². The number of ether oxygens (including phenoxy) is 1. The molecular formula is C18H28N2O. The van der Waals surface area contributed by atoms with E-state index in [1.165, 1.54) is 24.9 Å². The molecule has 3 atom stereocenters. The van der Waals surface area contributed by atoms with Crippen LogP contribution < -0.4 is 5.32 Å². The number of hydrogen-bond donors (Lipinski definition) is 1. The van der Waals surface area contributed by atoms with Gasteiger partial charge in [-0.25, -0.2) is 0 Å². The van der Waals surface area contributed by atoms with Crippen LogP contribution in [0.5, 0.6) is 0 Å². The lowest BCUT2D eigenvalue weighted by atomic mass is 9.97. The van der Waals surface area contributed by atoms with E-state index in [4.69, 9.17) is 4.74 Å². The van der Waals surface area contributed by atoms with Gasteiger partial charge in [0.15, 0.2) is 0 Å². The minimum atomic E-state index is 0.493. The third kappa shape index (κ3) is 3.85. The van der Waals surface area contributed by atoms with Gasteiger partial charge in [-0.15, -0.1) is 0 Å². The zero-order valence-electron chi connectivity index (χ0n) is 13.3. The molecule has 3 heteroatoms. The van der Waals surface area contributed by atoms with Gasteiger partial charge in [0.25, 0.3) is 0 Å². The minimum Gasteiger partial charge on any atom is -0.383 e. The average Bonchev–Trinajstić information content (AvgIpc) is 3.34. The number of hydrogen-bond acceptors (Lipinski definition) is 3. The van der Waals surface area contributed by atoms with Crippen molar-refractivity contribution in [1.82, 2.24) is 10.2 Å². The molecule has 0 amide bonds. The number of nitrogens with zero attached hydrogens (tertiary/aromatic N) is 1. The summed E-state index contributed by atoms with van der Waals surface area (Å²) in [6.45, 7) is 5.40. The molecule has 0 radical (unpaired) electrons. The van der Waals surface area contributed by atoms with Gasteiger partial charge in [0.05, 0.1) is 6.61 Å². The molecule has 21 heavy (non-hydrogen) atoms. The maximum absolute atomic E-state index is 5.40. The summed E-state index contributed by atoms with van der Waals surface area (Å²) in [4.78, 5) is 2.68. The van der Waals surface area contributed by atoms with Crippen LogP contribution >= 0.6 is 0 Å². The van der Waals surface area contributed by atoms with E-state index >= 15 is 0 Å². The van der Waals surface area contributed by atoms with Gasteiger partial charge in [0, 0.05) is 38.3 Å². The van der Waals surface area contributed by atoms with Crippen molar-refractivity contribution in [3.05, 3.63) is 35.9 Å². The van der Waals surface area contributed by atoms with E-state index in [0.29, 0.717) is 18.1 Å². The van der Waals surface area contributed by atoms with Gasteiger partial charge in [0.1, 0.15) is 0 Å². The summed E-state index contributed by atoms with van der Waals surface area (Å²) < 4.78 is 5.40. The third-order valence-corrected chi connectivity index (χ3v) is 4.97. The van der Waals surface area contributed by atoms with Crippen LogP contribution in [0.4, 0.5) is 0 Å². The fourth-order valence-electron chi connectivity index (χ4n) is 3.61. The summed E-state index contributed by atoms with van der Waals surface area (Å²) >= 11 is 0. The maximum atomic E-state index is 5.40. The first-order chi connectivity index (χ1) is 10.3. The number of benzene rings is 1. The van der Waals surface area contributed by atoms with Crippen molar-refractivity contribution in [2.24, 2.45) is 5.92 Å². The Labute approximate surface area is 128 Å². The molecule has 2 fully saturated rings. The Bertz CT molecular complexity index is 432. The van der Waals surface area contributed by atoms with E-state index in [-0.39, 0.29) is 0 Å². The van der Waals surface area contributed by atoms with Gasteiger partial charge in [-0.2, -0.15) is 0 Å². The molecule has 0 spiro atoms. The van der Waals surface area contributed by atoms with Crippen LogP contribution in [0.2, 0.25) is 0 Å².